The molecule has 0 N–H and O–H groups in total. The monoisotopic (exact) mass is 578 g/mol. The molecule has 41 heavy (non-hydrogen) atoms. The molecule has 1 saturated heterocycles. The molecule has 8 nitrogen and oxygen atoms in total. The molecule has 0 spiro atoms. The molecule has 1 aliphatic heterocycles. The Hall–Kier alpha value is -3.59. The van der Waals surface area contributed by atoms with Gasteiger partial charge in [-0.1, -0.05) is 29.8 Å². The fourth-order valence-electron chi connectivity index (χ4n) is 5.25. The summed E-state index contributed by atoms with van der Waals surface area (Å²) in [6.45, 7) is 9.97. The van der Waals surface area contributed by atoms with E-state index in [1.807, 2.05) is 31.2 Å². The maximum atomic E-state index is 12.8. The van der Waals surface area contributed by atoms with E-state index in [9.17, 15) is 4.79 Å². The first kappa shape index (κ1) is 25.1. The van der Waals surface area contributed by atoms with E-state index < -0.39 is 12.7 Å². The van der Waals surface area contributed by atoms with Crippen LogP contribution in [0.3, 0.4) is 0 Å². The number of rotatable bonds is 7. The predicted octanol–water partition coefficient (Wildman–Crippen LogP) is 5.77. The first-order valence-electron chi connectivity index (χ1n) is 15.1. The molecule has 1 fully saturated rings. The molecule has 0 unspecified atom stereocenters. The van der Waals surface area contributed by atoms with Crippen molar-refractivity contribution < 1.29 is 13.6 Å². The van der Waals surface area contributed by atoms with Crippen molar-refractivity contribution in [2.45, 2.75) is 33.2 Å². The number of pyridine rings is 1. The molecule has 0 radical (unpaired) electrons. The van der Waals surface area contributed by atoms with Crippen molar-refractivity contribution in [3.8, 4) is 33.8 Å². The van der Waals surface area contributed by atoms with Crippen LogP contribution >= 0.6 is 11.6 Å². The number of halogens is 1. The number of imidazole rings is 1. The first-order valence-corrected chi connectivity index (χ1v) is 14.0. The van der Waals surface area contributed by atoms with Crippen LogP contribution < -0.4 is 15.3 Å². The molecule has 4 aromatic rings. The van der Waals surface area contributed by atoms with E-state index in [1.165, 1.54) is 17.0 Å². The predicted molar refractivity (Wildman–Crippen MR) is 165 cm³/mol. The average molecular weight is 579 g/mol. The molecular formula is C32H38ClN5O3. The van der Waals surface area contributed by atoms with E-state index in [4.69, 9.17) is 30.2 Å². The number of ether oxygens (including phenoxy) is 2. The van der Waals surface area contributed by atoms with E-state index in [-0.39, 0.29) is 17.4 Å². The van der Waals surface area contributed by atoms with Crippen molar-refractivity contribution in [2.75, 3.05) is 45.0 Å². The smallest absolute Gasteiger partial charge is 0.332 e. The largest absolute Gasteiger partial charge is 0.465 e. The highest BCUT2D eigenvalue weighted by Gasteiger charge is 2.26. The van der Waals surface area contributed by atoms with Gasteiger partial charge in [0, 0.05) is 84.8 Å². The maximum Gasteiger partial charge on any atom is 0.332 e. The highest BCUT2D eigenvalue weighted by atomic mass is 35.5. The van der Waals surface area contributed by atoms with E-state index in [1.54, 1.807) is 19.2 Å². The molecular weight excluding hydrogens is 538 g/mol. The third kappa shape index (κ3) is 6.05. The summed E-state index contributed by atoms with van der Waals surface area (Å²) in [5.41, 5.74) is 4.82. The van der Waals surface area contributed by atoms with Gasteiger partial charge in [0.25, 0.3) is 0 Å². The van der Waals surface area contributed by atoms with Crippen molar-refractivity contribution in [1.82, 2.24) is 19.0 Å². The average Bonchev–Trinajstić information content (AvgIpc) is 3.37. The fourth-order valence-corrected chi connectivity index (χ4v) is 5.52. The molecule has 0 aliphatic carbocycles. The summed E-state index contributed by atoms with van der Waals surface area (Å²) >= 11 is 6.71. The van der Waals surface area contributed by atoms with Crippen molar-refractivity contribution in [3.63, 3.8) is 0 Å². The maximum absolute atomic E-state index is 12.8. The summed E-state index contributed by atoms with van der Waals surface area (Å²) in [4.78, 5) is 22.6. The second-order valence-corrected chi connectivity index (χ2v) is 11.6. The molecule has 3 heterocycles. The van der Waals surface area contributed by atoms with Crippen LogP contribution in [0.5, 0.6) is 5.75 Å². The second kappa shape index (κ2) is 11.7. The van der Waals surface area contributed by atoms with Gasteiger partial charge < -0.3 is 18.9 Å². The Balaban J connectivity index is 1.53. The Labute approximate surface area is 250 Å². The minimum atomic E-state index is -2.59. The van der Waals surface area contributed by atoms with Gasteiger partial charge in [-0.2, -0.15) is 0 Å². The summed E-state index contributed by atoms with van der Waals surface area (Å²) in [5, 5.41) is 0.276. The lowest BCUT2D eigenvalue weighted by molar-refractivity contribution is 0.0517. The van der Waals surface area contributed by atoms with Crippen LogP contribution in [-0.4, -0.2) is 64.6 Å². The van der Waals surface area contributed by atoms with Crippen LogP contribution in [0.25, 0.3) is 28.1 Å². The Bertz CT molecular complexity index is 1700. The summed E-state index contributed by atoms with van der Waals surface area (Å²) in [6.07, 6.45) is 2.63. The normalized spacial score (nSPS) is 15.9. The molecule has 0 atom stereocenters. The molecule has 2 aromatic carbocycles. The van der Waals surface area contributed by atoms with E-state index >= 15 is 0 Å². The van der Waals surface area contributed by atoms with Gasteiger partial charge in [-0.15, -0.1) is 0 Å². The number of hydrogen-bond donors (Lipinski definition) is 0. The molecule has 0 amide bonds. The van der Waals surface area contributed by atoms with Gasteiger partial charge in [0.2, 0.25) is 0 Å². The third-order valence-electron chi connectivity index (χ3n) is 7.43. The van der Waals surface area contributed by atoms with Crippen LogP contribution in [0.1, 0.15) is 30.6 Å². The zero-order valence-electron chi connectivity index (χ0n) is 27.1. The molecule has 5 rings (SSSR count). The van der Waals surface area contributed by atoms with Crippen molar-refractivity contribution in [3.05, 3.63) is 82.1 Å². The second-order valence-electron chi connectivity index (χ2n) is 11.2. The Kier molecular flexibility index (Phi) is 7.19. The van der Waals surface area contributed by atoms with Gasteiger partial charge in [-0.05, 0) is 63.6 Å². The number of piperazine rings is 1. The highest BCUT2D eigenvalue weighted by molar-refractivity contribution is 6.32. The Morgan fingerprint density at radius 3 is 2.46 bits per heavy atom. The summed E-state index contributed by atoms with van der Waals surface area (Å²) < 4.78 is 36.2. The van der Waals surface area contributed by atoms with Crippen molar-refractivity contribution >= 4 is 17.3 Å². The molecule has 0 bridgehead atoms. The molecule has 2 aromatic heterocycles. The number of anilines is 1. The number of benzene rings is 2. The molecule has 0 saturated carbocycles. The zero-order valence-corrected chi connectivity index (χ0v) is 24.9. The number of aromatic nitrogens is 3. The summed E-state index contributed by atoms with van der Waals surface area (Å²) in [5.74, 6) is 0.543. The van der Waals surface area contributed by atoms with Crippen LogP contribution in [0, 0.1) is 6.92 Å². The lowest BCUT2D eigenvalue weighted by atomic mass is 9.99. The summed E-state index contributed by atoms with van der Waals surface area (Å²) in [6, 6.07) is 15.5. The topological polar surface area (TPSA) is 64.8 Å². The standard InChI is InChI=1S/C32H38ClN5O3/c1-22-18-26(23-10-11-28(27(33)20-23)38-17-12-35(5)31(38)39)30(41-21-40-6)29(34-22)24-8-7-9-25(19-24)36-13-15-37(16-14-36)32(2,3)4/h7-12,17-20H,13-16,21H2,1-6H3/i5D3. The highest BCUT2D eigenvalue weighted by Crippen LogP contribution is 2.41. The number of hydrogen-bond acceptors (Lipinski definition) is 6. The fraction of sp³-hybridized carbons (Fsp3) is 0.375. The van der Waals surface area contributed by atoms with Gasteiger partial charge in [0.1, 0.15) is 5.69 Å². The minimum absolute atomic E-state index is 0.0169. The number of aryl methyl sites for hydroxylation is 2. The third-order valence-corrected chi connectivity index (χ3v) is 7.73. The van der Waals surface area contributed by atoms with Crippen LogP contribution in [-0.2, 0) is 11.7 Å². The van der Waals surface area contributed by atoms with E-state index in [0.29, 0.717) is 21.7 Å². The number of nitrogens with zero attached hydrogens (tertiary/aromatic N) is 5. The lowest BCUT2D eigenvalue weighted by Crippen LogP contribution is -2.53. The van der Waals surface area contributed by atoms with Gasteiger partial charge >= 0.3 is 5.69 Å². The molecule has 9 heteroatoms. The van der Waals surface area contributed by atoms with Crippen LogP contribution in [0.15, 0.2) is 65.7 Å². The van der Waals surface area contributed by atoms with Crippen LogP contribution in [0.2, 0.25) is 5.02 Å². The van der Waals surface area contributed by atoms with Gasteiger partial charge in [-0.25, -0.2) is 9.78 Å². The Morgan fingerprint density at radius 2 is 1.80 bits per heavy atom. The van der Waals surface area contributed by atoms with Gasteiger partial charge in [-0.3, -0.25) is 9.47 Å². The summed E-state index contributed by atoms with van der Waals surface area (Å²) in [7, 11) is 1.56. The van der Waals surface area contributed by atoms with Gasteiger partial charge in [0.05, 0.1) is 10.7 Å². The first-order chi connectivity index (χ1) is 20.8. The Morgan fingerprint density at radius 1 is 1.02 bits per heavy atom. The molecule has 1 aliphatic rings. The van der Waals surface area contributed by atoms with Crippen LogP contribution in [0.4, 0.5) is 5.69 Å². The molecule has 216 valence electrons. The van der Waals surface area contributed by atoms with Gasteiger partial charge in [0.15, 0.2) is 12.5 Å². The van der Waals surface area contributed by atoms with E-state index in [2.05, 4.69) is 42.7 Å². The van der Waals surface area contributed by atoms with Crippen molar-refractivity contribution in [1.29, 1.82) is 0 Å². The SMILES string of the molecule is [2H]C([2H])([2H])n1ccn(-c2ccc(-c3cc(C)nc(-c4cccc(N5CCN(C(C)(C)C)CC5)c4)c3OCOC)cc2Cl)c1=O. The van der Waals surface area contributed by atoms with E-state index in [0.717, 1.165) is 54.3 Å². The van der Waals surface area contributed by atoms with Crippen molar-refractivity contribution in [2.24, 2.45) is 6.98 Å². The minimum Gasteiger partial charge on any atom is -0.465 e. The quantitative estimate of drug-likeness (QED) is 0.259. The number of methoxy groups -OCH3 is 1. The lowest BCUT2D eigenvalue weighted by Gasteiger charge is -2.43. The zero-order chi connectivity index (χ0) is 31.8.